The van der Waals surface area contributed by atoms with Crippen LogP contribution in [0.1, 0.15) is 32.3 Å². The normalized spacial score (nSPS) is 10.4. The van der Waals surface area contributed by atoms with E-state index in [1.807, 2.05) is 20.9 Å². The Labute approximate surface area is 176 Å². The van der Waals surface area contributed by atoms with E-state index in [1.54, 1.807) is 19.2 Å². The SMILES string of the molecule is C=C.C=C(C=O)C=NC.CC.CNCC(CCO)CCNCc1ccc(F)cc1. The maximum atomic E-state index is 12.7. The number of aliphatic imine (C=N–C) groups is 1. The molecule has 0 bridgehead atoms. The van der Waals surface area contributed by atoms with E-state index >= 15 is 0 Å². The molecule has 1 aromatic rings. The zero-order valence-corrected chi connectivity index (χ0v) is 18.6. The summed E-state index contributed by atoms with van der Waals surface area (Å²) < 4.78 is 12.7. The van der Waals surface area contributed by atoms with Crippen LogP contribution in [0, 0.1) is 11.7 Å². The first-order valence-electron chi connectivity index (χ1n) is 9.84. The van der Waals surface area contributed by atoms with E-state index in [2.05, 4.69) is 35.4 Å². The second kappa shape index (κ2) is 25.9. The van der Waals surface area contributed by atoms with Gasteiger partial charge in [-0.2, -0.15) is 0 Å². The summed E-state index contributed by atoms with van der Waals surface area (Å²) in [6.07, 6.45) is 3.93. The number of hydrogen-bond donors (Lipinski definition) is 3. The maximum Gasteiger partial charge on any atom is 0.150 e. The van der Waals surface area contributed by atoms with Crippen LogP contribution in [0.5, 0.6) is 0 Å². The van der Waals surface area contributed by atoms with Crippen LogP contribution in [0.15, 0.2) is 54.6 Å². The van der Waals surface area contributed by atoms with Crippen LogP contribution in [0.2, 0.25) is 0 Å². The van der Waals surface area contributed by atoms with Crippen LogP contribution in [-0.4, -0.2) is 51.4 Å². The molecule has 1 aromatic carbocycles. The number of carbonyl (C=O) groups excluding carboxylic acids is 1. The number of nitrogens with zero attached hydrogens (tertiary/aromatic N) is 1. The van der Waals surface area contributed by atoms with E-state index in [-0.39, 0.29) is 12.4 Å². The van der Waals surface area contributed by atoms with Gasteiger partial charge in [0.05, 0.1) is 0 Å². The summed E-state index contributed by atoms with van der Waals surface area (Å²) in [7, 11) is 3.52. The predicted molar refractivity (Wildman–Crippen MR) is 124 cm³/mol. The zero-order chi connectivity index (χ0) is 22.9. The Balaban J connectivity index is -0.000000516. The first-order valence-corrected chi connectivity index (χ1v) is 9.84. The molecule has 0 spiro atoms. The summed E-state index contributed by atoms with van der Waals surface area (Å²) in [4.78, 5) is 13.3. The van der Waals surface area contributed by atoms with Crippen molar-refractivity contribution in [1.82, 2.24) is 10.6 Å². The third-order valence-corrected chi connectivity index (χ3v) is 3.45. The van der Waals surface area contributed by atoms with Gasteiger partial charge in [-0.15, -0.1) is 13.2 Å². The number of aldehydes is 1. The first kappa shape index (κ1) is 31.5. The Kier molecular flexibility index (Phi) is 28.1. The van der Waals surface area contributed by atoms with Gasteiger partial charge in [0.15, 0.2) is 6.29 Å². The largest absolute Gasteiger partial charge is 0.396 e. The fraction of sp³-hybridized carbons (Fsp3) is 0.478. The van der Waals surface area contributed by atoms with E-state index < -0.39 is 0 Å². The molecule has 166 valence electrons. The quantitative estimate of drug-likeness (QED) is 0.171. The van der Waals surface area contributed by atoms with Crippen molar-refractivity contribution in [3.8, 4) is 0 Å². The summed E-state index contributed by atoms with van der Waals surface area (Å²) in [5.41, 5.74) is 1.49. The maximum absolute atomic E-state index is 12.7. The molecule has 0 saturated heterocycles. The van der Waals surface area contributed by atoms with Crippen LogP contribution < -0.4 is 10.6 Å². The molecule has 0 aliphatic rings. The lowest BCUT2D eigenvalue weighted by Gasteiger charge is -2.15. The molecule has 0 saturated carbocycles. The van der Waals surface area contributed by atoms with Gasteiger partial charge >= 0.3 is 0 Å². The Bertz CT molecular complexity index is 513. The second-order valence-electron chi connectivity index (χ2n) is 5.61. The highest BCUT2D eigenvalue weighted by Gasteiger charge is 2.06. The van der Waals surface area contributed by atoms with Crippen LogP contribution in [0.4, 0.5) is 4.39 Å². The number of halogens is 1. The summed E-state index contributed by atoms with van der Waals surface area (Å²) in [5, 5.41) is 15.4. The summed E-state index contributed by atoms with van der Waals surface area (Å²) >= 11 is 0. The Morgan fingerprint density at radius 1 is 1.24 bits per heavy atom. The molecule has 0 aliphatic carbocycles. The smallest absolute Gasteiger partial charge is 0.150 e. The van der Waals surface area contributed by atoms with Crippen molar-refractivity contribution in [2.24, 2.45) is 10.9 Å². The Morgan fingerprint density at radius 3 is 2.24 bits per heavy atom. The molecular weight excluding hydrogens is 369 g/mol. The average molecular weight is 410 g/mol. The number of aliphatic hydroxyl groups excluding tert-OH is 1. The number of hydrogen-bond acceptors (Lipinski definition) is 5. The van der Waals surface area contributed by atoms with Crippen molar-refractivity contribution in [3.63, 3.8) is 0 Å². The Morgan fingerprint density at radius 2 is 1.83 bits per heavy atom. The fourth-order valence-electron chi connectivity index (χ4n) is 2.16. The minimum Gasteiger partial charge on any atom is -0.396 e. The van der Waals surface area contributed by atoms with Gasteiger partial charge in [-0.05, 0) is 56.6 Å². The van der Waals surface area contributed by atoms with E-state index in [1.165, 1.54) is 18.3 Å². The topological polar surface area (TPSA) is 73.7 Å². The van der Waals surface area contributed by atoms with Gasteiger partial charge in [0, 0.05) is 32.0 Å². The van der Waals surface area contributed by atoms with Crippen molar-refractivity contribution >= 4 is 12.5 Å². The standard InChI is InChI=1S/C14H23FN2O.C5H7NO.C2H6.C2H4/c1-16-10-13(7-9-18)6-8-17-11-12-2-4-14(15)5-3-12;1-5(4-7)3-6-2;2*1-2/h2-5,13,16-18H,6-11H2,1H3;3-4H,1H2,2H3;1-2H3;1-2H2. The molecule has 0 fully saturated rings. The van der Waals surface area contributed by atoms with E-state index in [4.69, 9.17) is 5.11 Å². The van der Waals surface area contributed by atoms with Gasteiger partial charge in [0.25, 0.3) is 0 Å². The molecule has 6 heteroatoms. The molecule has 1 rings (SSSR count). The van der Waals surface area contributed by atoms with E-state index in [0.717, 1.165) is 38.0 Å². The lowest BCUT2D eigenvalue weighted by Crippen LogP contribution is -2.24. The van der Waals surface area contributed by atoms with Crippen LogP contribution in [0.3, 0.4) is 0 Å². The van der Waals surface area contributed by atoms with Crippen LogP contribution >= 0.6 is 0 Å². The van der Waals surface area contributed by atoms with Crippen LogP contribution in [-0.2, 0) is 11.3 Å². The van der Waals surface area contributed by atoms with Crippen molar-refractivity contribution in [2.75, 3.05) is 33.8 Å². The minimum atomic E-state index is -0.198. The second-order valence-corrected chi connectivity index (χ2v) is 5.61. The number of benzene rings is 1. The van der Waals surface area contributed by atoms with Crippen molar-refractivity contribution in [1.29, 1.82) is 0 Å². The highest BCUT2D eigenvalue weighted by Crippen LogP contribution is 2.06. The summed E-state index contributed by atoms with van der Waals surface area (Å²) in [6.45, 7) is 16.2. The molecule has 0 radical (unpaired) electrons. The predicted octanol–water partition coefficient (Wildman–Crippen LogP) is 3.79. The molecule has 0 amide bonds. The first-order chi connectivity index (χ1) is 14.1. The van der Waals surface area contributed by atoms with Gasteiger partial charge in [0.1, 0.15) is 5.82 Å². The lowest BCUT2D eigenvalue weighted by atomic mass is 10.0. The Hall–Kier alpha value is -2.15. The van der Waals surface area contributed by atoms with Gasteiger partial charge in [-0.25, -0.2) is 4.39 Å². The van der Waals surface area contributed by atoms with Gasteiger partial charge in [-0.3, -0.25) is 9.79 Å². The van der Waals surface area contributed by atoms with E-state index in [0.29, 0.717) is 17.8 Å². The lowest BCUT2D eigenvalue weighted by molar-refractivity contribution is -0.104. The van der Waals surface area contributed by atoms with Crippen molar-refractivity contribution in [3.05, 3.63) is 61.0 Å². The molecule has 0 aromatic heterocycles. The van der Waals surface area contributed by atoms with Gasteiger partial charge in [-0.1, -0.05) is 32.6 Å². The fourth-order valence-corrected chi connectivity index (χ4v) is 2.16. The van der Waals surface area contributed by atoms with Crippen LogP contribution in [0.25, 0.3) is 0 Å². The molecule has 5 nitrogen and oxygen atoms in total. The molecule has 1 unspecified atom stereocenters. The number of aliphatic hydroxyl groups is 1. The summed E-state index contributed by atoms with van der Waals surface area (Å²) in [5.74, 6) is 0.302. The molecule has 0 aliphatic heterocycles. The number of nitrogens with one attached hydrogen (secondary N) is 2. The van der Waals surface area contributed by atoms with E-state index in [9.17, 15) is 9.18 Å². The molecular formula is C23H40FN3O2. The highest BCUT2D eigenvalue weighted by atomic mass is 19.1. The number of allylic oxidation sites excluding steroid dienone is 1. The molecule has 3 N–H and O–H groups in total. The van der Waals surface area contributed by atoms with Gasteiger partial charge < -0.3 is 15.7 Å². The number of carbonyl (C=O) groups is 1. The average Bonchev–Trinajstić information content (AvgIpc) is 2.76. The third kappa shape index (κ3) is 22.0. The monoisotopic (exact) mass is 409 g/mol. The number of rotatable bonds is 11. The molecule has 29 heavy (non-hydrogen) atoms. The minimum absolute atomic E-state index is 0.198. The van der Waals surface area contributed by atoms with Crippen molar-refractivity contribution < 1.29 is 14.3 Å². The zero-order valence-electron chi connectivity index (χ0n) is 18.6. The third-order valence-electron chi connectivity index (χ3n) is 3.45. The highest BCUT2D eigenvalue weighted by molar-refractivity contribution is 6.00. The van der Waals surface area contributed by atoms with Gasteiger partial charge in [0.2, 0.25) is 0 Å². The van der Waals surface area contributed by atoms with Crippen molar-refractivity contribution in [2.45, 2.75) is 33.2 Å². The molecule has 0 heterocycles. The molecule has 1 atom stereocenters. The summed E-state index contributed by atoms with van der Waals surface area (Å²) in [6, 6.07) is 6.54.